The Morgan fingerprint density at radius 1 is 0.878 bits per heavy atom. The monoisotopic (exact) mass is 569 g/mol. The lowest BCUT2D eigenvalue weighted by Crippen LogP contribution is -2.23. The fourth-order valence-electron chi connectivity index (χ4n) is 5.32. The summed E-state index contributed by atoms with van der Waals surface area (Å²) in [6.45, 7) is 4.74. The van der Waals surface area contributed by atoms with Gasteiger partial charge in [-0.05, 0) is 52.5 Å². The van der Waals surface area contributed by atoms with Crippen molar-refractivity contribution in [2.24, 2.45) is 4.99 Å². The molecule has 4 aromatic rings. The normalized spacial score (nSPS) is 13.2. The quantitative estimate of drug-likeness (QED) is 0.0867. The Morgan fingerprint density at radius 2 is 1.56 bits per heavy atom. The van der Waals surface area contributed by atoms with Crippen molar-refractivity contribution in [1.82, 2.24) is 0 Å². The van der Waals surface area contributed by atoms with Gasteiger partial charge in [0.2, 0.25) is 0 Å². The molecule has 3 nitrogen and oxygen atoms in total. The molecule has 2 unspecified atom stereocenters. The maximum Gasteiger partial charge on any atom is 0.188 e. The van der Waals surface area contributed by atoms with Crippen LogP contribution in [0.3, 0.4) is 0 Å². The van der Waals surface area contributed by atoms with E-state index >= 15 is 0 Å². The number of rotatable bonds is 14. The van der Waals surface area contributed by atoms with Crippen LogP contribution in [0.1, 0.15) is 66.5 Å². The maximum absolute atomic E-state index is 14.3. The van der Waals surface area contributed by atoms with E-state index in [0.717, 1.165) is 54.3 Å². The number of unbranched alkanes of at least 4 members (excludes halogenated alkanes) is 1. The van der Waals surface area contributed by atoms with Crippen LogP contribution in [0.5, 0.6) is 5.75 Å². The van der Waals surface area contributed by atoms with E-state index in [1.54, 1.807) is 32.5 Å². The molecule has 0 saturated heterocycles. The Bertz CT molecular complexity index is 1420. The second kappa shape index (κ2) is 15.1. The van der Waals surface area contributed by atoms with Crippen LogP contribution in [0.2, 0.25) is 0 Å². The standard InChI is InChI=1S/C36H41FNO2P/c1-5-6-19-36(2,41-34-18-17-32(37)24-31(34)25-38-3)33-23-29(20-27-13-9-7-10-14-27)22-30(35(33)40-26-39-4)21-28-15-11-8-12-16-28/h7-18,22-25,41H,5-6,19-21,26H2,1-4H3. The summed E-state index contributed by atoms with van der Waals surface area (Å²) < 4.78 is 26.1. The number of hydrogen-bond acceptors (Lipinski definition) is 3. The zero-order chi connectivity index (χ0) is 29.1. The van der Waals surface area contributed by atoms with E-state index in [2.05, 4.69) is 85.6 Å². The summed E-state index contributed by atoms with van der Waals surface area (Å²) in [6, 6.07) is 30.8. The second-order valence-electron chi connectivity index (χ2n) is 10.7. The van der Waals surface area contributed by atoms with Crippen molar-refractivity contribution in [2.75, 3.05) is 21.0 Å². The molecule has 0 fully saturated rings. The molecule has 4 rings (SSSR count). The van der Waals surface area contributed by atoms with Gasteiger partial charge in [-0.1, -0.05) is 114 Å². The predicted octanol–water partition coefficient (Wildman–Crippen LogP) is 8.45. The van der Waals surface area contributed by atoms with E-state index in [0.29, 0.717) is 8.58 Å². The van der Waals surface area contributed by atoms with E-state index in [1.807, 2.05) is 12.1 Å². The molecule has 2 atom stereocenters. The number of aliphatic imine (C=N–C) groups is 1. The summed E-state index contributed by atoms with van der Waals surface area (Å²) >= 11 is 0. The second-order valence-corrected chi connectivity index (χ2v) is 12.6. The highest BCUT2D eigenvalue weighted by atomic mass is 31.1. The average molecular weight is 570 g/mol. The minimum Gasteiger partial charge on any atom is -0.467 e. The van der Waals surface area contributed by atoms with Gasteiger partial charge in [0.15, 0.2) is 6.79 Å². The lowest BCUT2D eigenvalue weighted by molar-refractivity contribution is 0.0493. The highest BCUT2D eigenvalue weighted by Gasteiger charge is 2.32. The molecule has 0 bridgehead atoms. The molecule has 0 radical (unpaired) electrons. The third-order valence-electron chi connectivity index (χ3n) is 7.35. The predicted molar refractivity (Wildman–Crippen MR) is 172 cm³/mol. The Hall–Kier alpha value is -3.33. The largest absolute Gasteiger partial charge is 0.467 e. The highest BCUT2D eigenvalue weighted by Crippen LogP contribution is 2.50. The molecule has 0 amide bonds. The molecule has 4 aromatic carbocycles. The summed E-state index contributed by atoms with van der Waals surface area (Å²) in [5.74, 6) is 0.647. The van der Waals surface area contributed by atoms with Gasteiger partial charge in [-0.2, -0.15) is 0 Å². The molecule has 214 valence electrons. The van der Waals surface area contributed by atoms with Crippen LogP contribution in [0.25, 0.3) is 0 Å². The molecule has 0 aromatic heterocycles. The van der Waals surface area contributed by atoms with E-state index in [4.69, 9.17) is 9.47 Å². The van der Waals surface area contributed by atoms with E-state index in [9.17, 15) is 4.39 Å². The first kappa shape index (κ1) is 30.6. The van der Waals surface area contributed by atoms with Gasteiger partial charge < -0.3 is 9.47 Å². The van der Waals surface area contributed by atoms with Gasteiger partial charge >= 0.3 is 0 Å². The molecular formula is C36H41FNO2P. The van der Waals surface area contributed by atoms with Crippen LogP contribution in [0.4, 0.5) is 4.39 Å². The van der Waals surface area contributed by atoms with Crippen molar-refractivity contribution < 1.29 is 13.9 Å². The van der Waals surface area contributed by atoms with Crippen LogP contribution in [-0.4, -0.2) is 27.2 Å². The van der Waals surface area contributed by atoms with Crippen molar-refractivity contribution >= 4 is 20.1 Å². The smallest absolute Gasteiger partial charge is 0.188 e. The number of halogens is 1. The van der Waals surface area contributed by atoms with E-state index in [-0.39, 0.29) is 17.8 Å². The Balaban J connectivity index is 1.91. The summed E-state index contributed by atoms with van der Waals surface area (Å²) in [5, 5.41) is 0.858. The average Bonchev–Trinajstić information content (AvgIpc) is 2.98. The van der Waals surface area contributed by atoms with Gasteiger partial charge in [-0.3, -0.25) is 4.99 Å². The van der Waals surface area contributed by atoms with Gasteiger partial charge in [0.25, 0.3) is 0 Å². The van der Waals surface area contributed by atoms with Crippen molar-refractivity contribution in [1.29, 1.82) is 0 Å². The van der Waals surface area contributed by atoms with Gasteiger partial charge in [0.05, 0.1) is 0 Å². The molecule has 0 heterocycles. The van der Waals surface area contributed by atoms with E-state index < -0.39 is 0 Å². The molecule has 5 heteroatoms. The van der Waals surface area contributed by atoms with Crippen molar-refractivity contribution in [3.63, 3.8) is 0 Å². The van der Waals surface area contributed by atoms with Crippen LogP contribution in [-0.2, 0) is 22.7 Å². The molecule has 0 aliphatic rings. The molecular weight excluding hydrogens is 528 g/mol. The van der Waals surface area contributed by atoms with Gasteiger partial charge in [0, 0.05) is 43.1 Å². The first-order valence-corrected chi connectivity index (χ1v) is 15.3. The lowest BCUT2D eigenvalue weighted by atomic mass is 9.87. The van der Waals surface area contributed by atoms with Crippen LogP contribution >= 0.6 is 8.58 Å². The molecule has 0 saturated carbocycles. The Kier molecular flexibility index (Phi) is 11.2. The Morgan fingerprint density at radius 3 is 2.20 bits per heavy atom. The Labute approximate surface area is 246 Å². The number of benzene rings is 4. The fraction of sp³-hybridized carbons (Fsp3) is 0.306. The van der Waals surface area contributed by atoms with Crippen molar-refractivity contribution in [2.45, 2.75) is 51.1 Å². The van der Waals surface area contributed by atoms with Gasteiger partial charge in [-0.15, -0.1) is 0 Å². The van der Waals surface area contributed by atoms with Gasteiger partial charge in [0.1, 0.15) is 11.6 Å². The molecule has 0 spiro atoms. The lowest BCUT2D eigenvalue weighted by Gasteiger charge is -2.34. The van der Waals surface area contributed by atoms with Crippen LogP contribution < -0.4 is 10.0 Å². The minimum atomic E-state index is -0.247. The maximum atomic E-state index is 14.3. The number of hydrogen-bond donors (Lipinski definition) is 0. The van der Waals surface area contributed by atoms with Gasteiger partial charge in [-0.25, -0.2) is 4.39 Å². The van der Waals surface area contributed by atoms with Crippen molar-refractivity contribution in [3.8, 4) is 5.75 Å². The fourth-order valence-corrected chi connectivity index (χ4v) is 6.98. The zero-order valence-electron chi connectivity index (χ0n) is 24.6. The summed E-state index contributed by atoms with van der Waals surface area (Å²) in [5.41, 5.74) is 6.92. The number of methoxy groups -OCH3 is 1. The number of nitrogens with zero attached hydrogens (tertiary/aromatic N) is 1. The summed E-state index contributed by atoms with van der Waals surface area (Å²) in [4.78, 5) is 4.22. The molecule has 0 aliphatic carbocycles. The third kappa shape index (κ3) is 8.35. The third-order valence-corrected chi connectivity index (χ3v) is 9.15. The van der Waals surface area contributed by atoms with E-state index in [1.165, 1.54) is 22.3 Å². The molecule has 0 aliphatic heterocycles. The summed E-state index contributed by atoms with van der Waals surface area (Å²) in [7, 11) is 3.78. The molecule has 0 N–H and O–H groups in total. The first-order valence-electron chi connectivity index (χ1n) is 14.3. The van der Waals surface area contributed by atoms with Crippen molar-refractivity contribution in [3.05, 3.63) is 130 Å². The first-order chi connectivity index (χ1) is 20.0. The topological polar surface area (TPSA) is 30.8 Å². The SMILES string of the molecule is CCCCC(C)(Pc1ccc(F)cc1C=NC)c1cc(Cc2ccccc2)cc(Cc2ccccc2)c1OCOC. The zero-order valence-corrected chi connectivity index (χ0v) is 25.6. The summed E-state index contributed by atoms with van der Waals surface area (Å²) in [6.07, 6.45) is 6.49. The highest BCUT2D eigenvalue weighted by molar-refractivity contribution is 7.48. The van der Waals surface area contributed by atoms with Crippen LogP contribution in [0, 0.1) is 5.82 Å². The van der Waals surface area contributed by atoms with Crippen LogP contribution in [0.15, 0.2) is 96.0 Å². The minimum absolute atomic E-state index is 0.171. The number of ether oxygens (including phenoxy) is 2. The molecule has 41 heavy (non-hydrogen) atoms.